The molecule has 9 nitrogen and oxygen atoms in total. The lowest BCUT2D eigenvalue weighted by Crippen LogP contribution is -2.38. The number of hydrogen-bond acceptors (Lipinski definition) is 9. The van der Waals surface area contributed by atoms with E-state index in [-0.39, 0.29) is 0 Å². The number of rotatable bonds is 6. The Morgan fingerprint density at radius 2 is 1.62 bits per heavy atom. The van der Waals surface area contributed by atoms with Crippen LogP contribution >= 0.6 is 23.2 Å². The van der Waals surface area contributed by atoms with Gasteiger partial charge in [-0.15, -0.1) is 0 Å². The number of nitrogens with zero attached hydrogens (tertiary/aromatic N) is 6. The third kappa shape index (κ3) is 5.43. The number of piperidine rings is 1. The molecule has 34 heavy (non-hydrogen) atoms. The van der Waals surface area contributed by atoms with Crippen molar-refractivity contribution in [1.29, 1.82) is 0 Å². The van der Waals surface area contributed by atoms with E-state index in [4.69, 9.17) is 37.3 Å². The van der Waals surface area contributed by atoms with E-state index in [2.05, 4.69) is 30.3 Å². The molecule has 1 N–H and O–H groups in total. The molecule has 0 bridgehead atoms. The Balaban J connectivity index is 1.34. The molecule has 5 rings (SSSR count). The number of ether oxygens (including phenoxy) is 1. The predicted molar refractivity (Wildman–Crippen MR) is 134 cm³/mol. The first-order valence-electron chi connectivity index (χ1n) is 11.3. The van der Waals surface area contributed by atoms with Crippen LogP contribution in [0, 0.1) is 0 Å². The molecule has 1 aromatic carbocycles. The molecular weight excluding hydrogens is 477 g/mol. The first-order valence-corrected chi connectivity index (χ1v) is 12.1. The van der Waals surface area contributed by atoms with Crippen molar-refractivity contribution in [2.24, 2.45) is 5.10 Å². The number of benzene rings is 1. The second-order valence-corrected chi connectivity index (χ2v) is 8.95. The summed E-state index contributed by atoms with van der Waals surface area (Å²) in [5, 5.41) is 5.44. The summed E-state index contributed by atoms with van der Waals surface area (Å²) in [6, 6.07) is 8.88. The first-order chi connectivity index (χ1) is 16.7. The minimum absolute atomic E-state index is 0.387. The second-order valence-electron chi connectivity index (χ2n) is 8.10. The van der Waals surface area contributed by atoms with Crippen LogP contribution in [0.15, 0.2) is 39.9 Å². The summed E-state index contributed by atoms with van der Waals surface area (Å²) in [5.74, 6) is 2.85. The molecule has 11 heteroatoms. The minimum Gasteiger partial charge on any atom is -0.455 e. The van der Waals surface area contributed by atoms with Gasteiger partial charge in [-0.1, -0.05) is 23.2 Å². The first kappa shape index (κ1) is 22.9. The van der Waals surface area contributed by atoms with Gasteiger partial charge in [-0.25, -0.2) is 5.43 Å². The van der Waals surface area contributed by atoms with Gasteiger partial charge in [-0.3, -0.25) is 0 Å². The number of hydrogen-bond donors (Lipinski definition) is 1. The molecule has 0 unspecified atom stereocenters. The van der Waals surface area contributed by atoms with Crippen molar-refractivity contribution >= 4 is 47.3 Å². The van der Waals surface area contributed by atoms with Crippen LogP contribution in [0.5, 0.6) is 0 Å². The van der Waals surface area contributed by atoms with Crippen molar-refractivity contribution in [3.8, 4) is 11.3 Å². The normalized spacial score (nSPS) is 16.9. The zero-order valence-corrected chi connectivity index (χ0v) is 20.1. The van der Waals surface area contributed by atoms with E-state index in [1.807, 2.05) is 12.1 Å². The van der Waals surface area contributed by atoms with E-state index in [0.717, 1.165) is 44.6 Å². The van der Waals surface area contributed by atoms with Crippen molar-refractivity contribution in [2.45, 2.75) is 19.3 Å². The minimum atomic E-state index is 0.387. The number of nitrogens with one attached hydrogen (secondary N) is 1. The number of morpholine rings is 1. The third-order valence-corrected chi connectivity index (χ3v) is 6.29. The van der Waals surface area contributed by atoms with E-state index in [1.165, 1.54) is 6.42 Å². The fourth-order valence-corrected chi connectivity index (χ4v) is 4.33. The lowest BCUT2D eigenvalue weighted by Gasteiger charge is -2.30. The molecule has 3 aromatic rings. The Morgan fingerprint density at radius 3 is 2.38 bits per heavy atom. The van der Waals surface area contributed by atoms with E-state index in [0.29, 0.717) is 52.6 Å². The van der Waals surface area contributed by atoms with Crippen LogP contribution in [0.3, 0.4) is 0 Å². The molecule has 4 heterocycles. The van der Waals surface area contributed by atoms with Crippen LogP contribution in [0.2, 0.25) is 10.0 Å². The average molecular weight is 502 g/mol. The molecule has 0 spiro atoms. The summed E-state index contributed by atoms with van der Waals surface area (Å²) >= 11 is 12.4. The van der Waals surface area contributed by atoms with Crippen LogP contribution in [0.4, 0.5) is 17.8 Å². The maximum Gasteiger partial charge on any atom is 0.250 e. The second kappa shape index (κ2) is 10.6. The smallest absolute Gasteiger partial charge is 0.250 e. The van der Waals surface area contributed by atoms with Crippen molar-refractivity contribution in [2.75, 3.05) is 54.6 Å². The van der Waals surface area contributed by atoms with Gasteiger partial charge in [0.2, 0.25) is 17.8 Å². The molecular formula is C23H25Cl2N7O2. The fraction of sp³-hybridized carbons (Fsp3) is 0.391. The van der Waals surface area contributed by atoms with Gasteiger partial charge in [-0.2, -0.15) is 20.1 Å². The van der Waals surface area contributed by atoms with Gasteiger partial charge in [0.05, 0.1) is 24.5 Å². The standard InChI is InChI=1S/C23H25Cl2N7O2/c24-16-4-6-19(25)18(14-16)20-7-5-17(34-20)15-26-30-21-27-22(31-8-2-1-3-9-31)29-23(28-21)32-10-12-33-13-11-32/h4-7,14-15H,1-3,8-13H2,(H,27,28,29,30). The highest BCUT2D eigenvalue weighted by molar-refractivity contribution is 6.35. The lowest BCUT2D eigenvalue weighted by atomic mass is 10.1. The van der Waals surface area contributed by atoms with E-state index in [1.54, 1.807) is 24.4 Å². The molecule has 0 radical (unpaired) electrons. The highest BCUT2D eigenvalue weighted by Gasteiger charge is 2.20. The van der Waals surface area contributed by atoms with Gasteiger partial charge < -0.3 is 19.0 Å². The van der Waals surface area contributed by atoms with Crippen molar-refractivity contribution < 1.29 is 9.15 Å². The van der Waals surface area contributed by atoms with Crippen LogP contribution in [0.1, 0.15) is 25.0 Å². The van der Waals surface area contributed by atoms with E-state index >= 15 is 0 Å². The summed E-state index contributed by atoms with van der Waals surface area (Å²) in [6.07, 6.45) is 5.08. The van der Waals surface area contributed by atoms with Crippen LogP contribution < -0.4 is 15.2 Å². The number of aromatic nitrogens is 3. The summed E-state index contributed by atoms with van der Waals surface area (Å²) < 4.78 is 11.3. The Morgan fingerprint density at radius 1 is 0.882 bits per heavy atom. The number of halogens is 2. The number of hydrazone groups is 1. The van der Waals surface area contributed by atoms with Crippen molar-refractivity contribution in [1.82, 2.24) is 15.0 Å². The molecule has 0 atom stereocenters. The Labute approximate surface area is 207 Å². The number of furan rings is 1. The van der Waals surface area contributed by atoms with Gasteiger partial charge in [0.15, 0.2) is 0 Å². The maximum absolute atomic E-state index is 6.28. The summed E-state index contributed by atoms with van der Waals surface area (Å²) in [7, 11) is 0. The molecule has 2 aromatic heterocycles. The van der Waals surface area contributed by atoms with Gasteiger partial charge in [0, 0.05) is 36.8 Å². The monoisotopic (exact) mass is 501 g/mol. The summed E-state index contributed by atoms with van der Waals surface area (Å²) in [6.45, 7) is 4.68. The highest BCUT2D eigenvalue weighted by Crippen LogP contribution is 2.31. The topological polar surface area (TPSA) is 91.9 Å². The molecule has 2 aliphatic rings. The van der Waals surface area contributed by atoms with Crippen LogP contribution in [-0.4, -0.2) is 60.6 Å². The predicted octanol–water partition coefficient (Wildman–Crippen LogP) is 4.71. The van der Waals surface area contributed by atoms with Gasteiger partial charge in [0.1, 0.15) is 11.5 Å². The van der Waals surface area contributed by atoms with Gasteiger partial charge in [-0.05, 0) is 49.6 Å². The van der Waals surface area contributed by atoms with Gasteiger partial charge >= 0.3 is 0 Å². The molecule has 2 aliphatic heterocycles. The summed E-state index contributed by atoms with van der Waals surface area (Å²) in [4.78, 5) is 18.3. The quantitative estimate of drug-likeness (QED) is 0.383. The summed E-state index contributed by atoms with van der Waals surface area (Å²) in [5.41, 5.74) is 3.66. The van der Waals surface area contributed by atoms with Crippen molar-refractivity contribution in [3.63, 3.8) is 0 Å². The average Bonchev–Trinajstić information content (AvgIpc) is 3.35. The SMILES string of the molecule is Clc1ccc(Cl)c(-c2ccc(C=NNc3nc(N4CCCCC4)nc(N4CCOCC4)n3)o2)c1. The van der Waals surface area contributed by atoms with Crippen molar-refractivity contribution in [3.05, 3.63) is 46.1 Å². The molecule has 0 aliphatic carbocycles. The maximum atomic E-state index is 6.28. The Kier molecular flexibility index (Phi) is 7.13. The van der Waals surface area contributed by atoms with E-state index < -0.39 is 0 Å². The largest absolute Gasteiger partial charge is 0.455 e. The Bertz CT molecular complexity index is 1120. The molecule has 2 fully saturated rings. The lowest BCUT2D eigenvalue weighted by molar-refractivity contribution is 0.122. The van der Waals surface area contributed by atoms with Crippen LogP contribution in [-0.2, 0) is 4.74 Å². The highest BCUT2D eigenvalue weighted by atomic mass is 35.5. The third-order valence-electron chi connectivity index (χ3n) is 5.72. The molecule has 2 saturated heterocycles. The zero-order chi connectivity index (χ0) is 23.3. The molecule has 0 amide bonds. The van der Waals surface area contributed by atoms with E-state index in [9.17, 15) is 0 Å². The zero-order valence-electron chi connectivity index (χ0n) is 18.6. The molecule has 0 saturated carbocycles. The van der Waals surface area contributed by atoms with Crippen LogP contribution in [0.25, 0.3) is 11.3 Å². The fourth-order valence-electron chi connectivity index (χ4n) is 3.95. The number of anilines is 3. The Hall–Kier alpha value is -2.88. The van der Waals surface area contributed by atoms with Gasteiger partial charge in [0.25, 0.3) is 0 Å². The molecule has 178 valence electrons.